The van der Waals surface area contributed by atoms with Crippen LogP contribution in [0.2, 0.25) is 0 Å². The molecule has 0 fully saturated rings. The summed E-state index contributed by atoms with van der Waals surface area (Å²) in [6, 6.07) is 0. The van der Waals surface area contributed by atoms with Crippen LogP contribution in [0, 0.1) is 5.92 Å². The fraction of sp³-hybridized carbons (Fsp3) is 0.583. The molecule has 2 heterocycles. The molecule has 0 aliphatic rings. The molecule has 2 aromatic heterocycles. The smallest absolute Gasteiger partial charge is 0.167 e. The van der Waals surface area contributed by atoms with Crippen LogP contribution in [-0.4, -0.2) is 24.5 Å². The van der Waals surface area contributed by atoms with E-state index in [9.17, 15) is 0 Å². The largest absolute Gasteiger partial charge is 0.313 e. The first-order valence-electron chi connectivity index (χ1n) is 6.02. The Labute approximate surface area is 101 Å². The fourth-order valence-electron chi connectivity index (χ4n) is 1.97. The van der Waals surface area contributed by atoms with Crippen molar-refractivity contribution in [2.24, 2.45) is 13.0 Å². The van der Waals surface area contributed by atoms with Gasteiger partial charge < -0.3 is 4.57 Å². The lowest BCUT2D eigenvalue weighted by molar-refractivity contribution is 0.525. The average Bonchev–Trinajstić information content (AvgIpc) is 2.83. The lowest BCUT2D eigenvalue weighted by Gasteiger charge is -2.08. The molecule has 0 radical (unpaired) electrons. The Balaban J connectivity index is 2.42. The van der Waals surface area contributed by atoms with Crippen molar-refractivity contribution in [3.63, 3.8) is 0 Å². The average molecular weight is 233 g/mol. The summed E-state index contributed by atoms with van der Waals surface area (Å²) in [6.07, 6.45) is 4.71. The minimum atomic E-state index is 0.575. The fourth-order valence-corrected chi connectivity index (χ4v) is 1.97. The van der Waals surface area contributed by atoms with Gasteiger partial charge in [0.1, 0.15) is 6.33 Å². The molecule has 92 valence electrons. The van der Waals surface area contributed by atoms with Crippen LogP contribution in [0.5, 0.6) is 0 Å². The summed E-state index contributed by atoms with van der Waals surface area (Å²) in [4.78, 5) is 0. The van der Waals surface area contributed by atoms with Crippen LogP contribution >= 0.6 is 0 Å². The highest BCUT2D eigenvalue weighted by Crippen LogP contribution is 2.21. The maximum absolute atomic E-state index is 4.44. The van der Waals surface area contributed by atoms with E-state index in [4.69, 9.17) is 0 Å². The number of hydrogen-bond donors (Lipinski definition) is 0. The number of rotatable bonds is 4. The normalized spacial score (nSPS) is 11.4. The van der Waals surface area contributed by atoms with Crippen LogP contribution in [0.25, 0.3) is 11.4 Å². The summed E-state index contributed by atoms with van der Waals surface area (Å²) in [6.45, 7) is 7.41. The number of aromatic nitrogens is 5. The van der Waals surface area contributed by atoms with E-state index < -0.39 is 0 Å². The van der Waals surface area contributed by atoms with Gasteiger partial charge in [-0.1, -0.05) is 20.8 Å². The lowest BCUT2D eigenvalue weighted by atomic mass is 10.2. The lowest BCUT2D eigenvalue weighted by Crippen LogP contribution is -2.05. The van der Waals surface area contributed by atoms with Gasteiger partial charge in [-0.3, -0.25) is 4.68 Å². The molecule has 0 atom stereocenters. The van der Waals surface area contributed by atoms with Crippen molar-refractivity contribution in [3.05, 3.63) is 18.2 Å². The van der Waals surface area contributed by atoms with Crippen molar-refractivity contribution < 1.29 is 0 Å². The summed E-state index contributed by atoms with van der Waals surface area (Å²) < 4.78 is 3.93. The van der Waals surface area contributed by atoms with Crippen molar-refractivity contribution in [2.75, 3.05) is 0 Å². The molecule has 0 unspecified atom stereocenters. The Kier molecular flexibility index (Phi) is 3.26. The molecule has 0 aromatic carbocycles. The summed E-state index contributed by atoms with van der Waals surface area (Å²) >= 11 is 0. The molecular formula is C12H19N5. The Morgan fingerprint density at radius 1 is 1.35 bits per heavy atom. The molecule has 0 aliphatic heterocycles. The molecular weight excluding hydrogens is 214 g/mol. The second-order valence-corrected chi connectivity index (χ2v) is 4.72. The van der Waals surface area contributed by atoms with E-state index in [1.54, 1.807) is 6.33 Å². The highest BCUT2D eigenvalue weighted by molar-refractivity contribution is 5.57. The van der Waals surface area contributed by atoms with Crippen molar-refractivity contribution in [1.29, 1.82) is 0 Å². The van der Waals surface area contributed by atoms with Crippen LogP contribution in [-0.2, 0) is 20.0 Å². The number of aryl methyl sites for hydroxylation is 2. The Hall–Kier alpha value is -1.65. The maximum atomic E-state index is 4.44. The van der Waals surface area contributed by atoms with Gasteiger partial charge in [-0.05, 0) is 12.3 Å². The van der Waals surface area contributed by atoms with Crippen LogP contribution in [0.3, 0.4) is 0 Å². The third kappa shape index (κ3) is 2.38. The second-order valence-electron chi connectivity index (χ2n) is 4.72. The zero-order valence-electron chi connectivity index (χ0n) is 10.9. The van der Waals surface area contributed by atoms with Crippen molar-refractivity contribution in [1.82, 2.24) is 24.5 Å². The molecule has 0 amide bonds. The highest BCUT2D eigenvalue weighted by atomic mass is 15.3. The van der Waals surface area contributed by atoms with Gasteiger partial charge >= 0.3 is 0 Å². The van der Waals surface area contributed by atoms with Gasteiger partial charge in [0, 0.05) is 19.8 Å². The van der Waals surface area contributed by atoms with Gasteiger partial charge in [-0.15, -0.1) is 10.2 Å². The minimum absolute atomic E-state index is 0.575. The van der Waals surface area contributed by atoms with Crippen LogP contribution in [0.15, 0.2) is 12.5 Å². The molecule has 0 saturated heterocycles. The number of hydrogen-bond acceptors (Lipinski definition) is 3. The molecule has 2 rings (SSSR count). The van der Waals surface area contributed by atoms with Gasteiger partial charge in [-0.25, -0.2) is 0 Å². The zero-order valence-corrected chi connectivity index (χ0v) is 10.9. The molecule has 0 N–H and O–H groups in total. The first-order valence-corrected chi connectivity index (χ1v) is 6.02. The Morgan fingerprint density at radius 2 is 2.12 bits per heavy atom. The van der Waals surface area contributed by atoms with Crippen LogP contribution in [0.1, 0.15) is 26.5 Å². The minimum Gasteiger partial charge on any atom is -0.313 e. The summed E-state index contributed by atoms with van der Waals surface area (Å²) in [5.41, 5.74) is 2.17. The summed E-state index contributed by atoms with van der Waals surface area (Å²) in [5, 5.41) is 12.7. The molecule has 5 nitrogen and oxygen atoms in total. The van der Waals surface area contributed by atoms with Crippen LogP contribution in [0.4, 0.5) is 0 Å². The first-order chi connectivity index (χ1) is 8.11. The van der Waals surface area contributed by atoms with E-state index in [0.717, 1.165) is 30.0 Å². The third-order valence-electron chi connectivity index (χ3n) is 2.66. The van der Waals surface area contributed by atoms with Gasteiger partial charge in [0.25, 0.3) is 0 Å². The van der Waals surface area contributed by atoms with E-state index in [1.165, 1.54) is 0 Å². The Morgan fingerprint density at radius 3 is 2.76 bits per heavy atom. The predicted octanol–water partition coefficient (Wildman–Crippen LogP) is 1.90. The topological polar surface area (TPSA) is 48.5 Å². The number of nitrogens with zero attached hydrogens (tertiary/aromatic N) is 5. The molecule has 0 spiro atoms. The van der Waals surface area contributed by atoms with Gasteiger partial charge in [0.05, 0.1) is 11.3 Å². The predicted molar refractivity (Wildman–Crippen MR) is 66.4 cm³/mol. The van der Waals surface area contributed by atoms with Crippen molar-refractivity contribution in [2.45, 2.75) is 33.7 Å². The molecule has 0 aliphatic carbocycles. The van der Waals surface area contributed by atoms with Gasteiger partial charge in [0.15, 0.2) is 5.82 Å². The first kappa shape index (κ1) is 11.8. The molecule has 5 heteroatoms. The molecule has 0 saturated carbocycles. The van der Waals surface area contributed by atoms with Crippen molar-refractivity contribution >= 4 is 0 Å². The quantitative estimate of drug-likeness (QED) is 0.810. The van der Waals surface area contributed by atoms with E-state index >= 15 is 0 Å². The van der Waals surface area contributed by atoms with E-state index in [2.05, 4.69) is 40.6 Å². The maximum Gasteiger partial charge on any atom is 0.167 e. The van der Waals surface area contributed by atoms with Crippen LogP contribution < -0.4 is 0 Å². The second kappa shape index (κ2) is 4.69. The van der Waals surface area contributed by atoms with E-state index in [1.807, 2.05) is 17.9 Å². The van der Waals surface area contributed by atoms with E-state index in [-0.39, 0.29) is 0 Å². The highest BCUT2D eigenvalue weighted by Gasteiger charge is 2.14. The monoisotopic (exact) mass is 233 g/mol. The molecule has 0 bridgehead atoms. The zero-order chi connectivity index (χ0) is 12.4. The summed E-state index contributed by atoms with van der Waals surface area (Å²) in [5.74, 6) is 1.50. The Bertz CT molecular complexity index is 495. The van der Waals surface area contributed by atoms with Gasteiger partial charge in [0.2, 0.25) is 0 Å². The van der Waals surface area contributed by atoms with E-state index in [0.29, 0.717) is 5.92 Å². The third-order valence-corrected chi connectivity index (χ3v) is 2.66. The molecule has 2 aromatic rings. The standard InChI is InChI=1S/C12H19N5/c1-5-11-10(7-16(4)15-11)12-14-13-8-17(12)6-9(2)3/h7-9H,5-6H2,1-4H3. The SMILES string of the molecule is CCc1nn(C)cc1-c1nncn1CC(C)C. The summed E-state index contributed by atoms with van der Waals surface area (Å²) in [7, 11) is 1.94. The van der Waals surface area contributed by atoms with Gasteiger partial charge in [-0.2, -0.15) is 5.10 Å². The molecule has 17 heavy (non-hydrogen) atoms. The van der Waals surface area contributed by atoms with Crippen molar-refractivity contribution in [3.8, 4) is 11.4 Å².